The lowest BCUT2D eigenvalue weighted by Gasteiger charge is -2.35. The van der Waals surface area contributed by atoms with Crippen LogP contribution < -0.4 is 14.8 Å². The summed E-state index contributed by atoms with van der Waals surface area (Å²) in [5.41, 5.74) is 0.485. The van der Waals surface area contributed by atoms with Crippen molar-refractivity contribution in [2.45, 2.75) is 51.0 Å². The van der Waals surface area contributed by atoms with Gasteiger partial charge in [0.2, 0.25) is 12.2 Å². The molecule has 3 amide bonds. The topological polar surface area (TPSA) is 207 Å². The Bertz CT molecular complexity index is 1140. The Labute approximate surface area is 234 Å². The van der Waals surface area contributed by atoms with Crippen LogP contribution in [0.2, 0.25) is 0 Å². The number of imide groups is 1. The number of aliphatic carboxylic acids is 1. The maximum Gasteiger partial charge on any atom is 0.333 e. The minimum absolute atomic E-state index is 0.0177. The Balaban J connectivity index is 1.45. The minimum atomic E-state index is -1.49. The van der Waals surface area contributed by atoms with Crippen LogP contribution >= 0.6 is 0 Å². The van der Waals surface area contributed by atoms with Crippen LogP contribution in [0.5, 0.6) is 11.5 Å². The van der Waals surface area contributed by atoms with Gasteiger partial charge in [0, 0.05) is 56.6 Å². The number of hydrogen-bond acceptors (Lipinski definition) is 12. The number of nitrogens with one attached hydrogen (secondary N) is 1. The van der Waals surface area contributed by atoms with Gasteiger partial charge in [0.05, 0.1) is 19.3 Å². The second-order valence-corrected chi connectivity index (χ2v) is 9.01. The number of carboxylic acid groups (broad SMARTS) is 1. The Kier molecular flexibility index (Phi) is 11.6. The van der Waals surface area contributed by atoms with Gasteiger partial charge in [-0.3, -0.25) is 24.1 Å². The molecule has 15 nitrogen and oxygen atoms in total. The number of aliphatic hydroxyl groups excluding tert-OH is 2. The molecule has 3 rings (SSSR count). The van der Waals surface area contributed by atoms with Gasteiger partial charge in [-0.1, -0.05) is 0 Å². The van der Waals surface area contributed by atoms with Crippen molar-refractivity contribution >= 4 is 29.7 Å². The predicted molar refractivity (Wildman–Crippen MR) is 135 cm³/mol. The summed E-state index contributed by atoms with van der Waals surface area (Å²) >= 11 is 0. The second-order valence-electron chi connectivity index (χ2n) is 9.01. The third-order valence-electron chi connectivity index (χ3n) is 5.94. The molecule has 1 saturated heterocycles. The lowest BCUT2D eigenvalue weighted by molar-refractivity contribution is -0.238. The number of hydrogen-bond donors (Lipinski definition) is 4. The van der Waals surface area contributed by atoms with Gasteiger partial charge in [-0.25, -0.2) is 4.79 Å². The molecule has 41 heavy (non-hydrogen) atoms. The first-order valence-corrected chi connectivity index (χ1v) is 12.7. The van der Waals surface area contributed by atoms with Crippen LogP contribution in [0.25, 0.3) is 0 Å². The molecule has 2 aliphatic heterocycles. The fraction of sp³-hybridized carbons (Fsp3) is 0.500. The Morgan fingerprint density at radius 2 is 1.83 bits per heavy atom. The molecule has 0 aliphatic carbocycles. The summed E-state index contributed by atoms with van der Waals surface area (Å²) in [7, 11) is 0. The molecule has 0 radical (unpaired) electrons. The first kappa shape index (κ1) is 31.5. The van der Waals surface area contributed by atoms with E-state index in [0.717, 1.165) is 17.1 Å². The zero-order valence-corrected chi connectivity index (χ0v) is 22.2. The van der Waals surface area contributed by atoms with Gasteiger partial charge in [0.1, 0.15) is 30.8 Å². The number of nitrogens with zero attached hydrogens (tertiary/aromatic N) is 1. The molecule has 1 aromatic rings. The van der Waals surface area contributed by atoms with E-state index in [0.29, 0.717) is 5.56 Å². The van der Waals surface area contributed by atoms with Crippen molar-refractivity contribution < 1.29 is 63.0 Å². The Morgan fingerprint density at radius 3 is 2.51 bits per heavy atom. The van der Waals surface area contributed by atoms with Crippen LogP contribution in [0.4, 0.5) is 0 Å². The van der Waals surface area contributed by atoms with Gasteiger partial charge in [-0.15, -0.1) is 0 Å². The summed E-state index contributed by atoms with van der Waals surface area (Å²) in [4.78, 5) is 58.4. The fourth-order valence-electron chi connectivity index (χ4n) is 3.80. The van der Waals surface area contributed by atoms with Crippen LogP contribution in [-0.2, 0) is 44.8 Å². The fourth-order valence-corrected chi connectivity index (χ4v) is 3.80. The number of aliphatic hydroxyl groups is 2. The van der Waals surface area contributed by atoms with Gasteiger partial charge in [-0.05, 0) is 12.1 Å². The summed E-state index contributed by atoms with van der Waals surface area (Å²) in [6.45, 7) is 1.64. The van der Waals surface area contributed by atoms with Gasteiger partial charge >= 0.3 is 11.9 Å². The summed E-state index contributed by atoms with van der Waals surface area (Å²) in [6.07, 6.45) is -3.72. The van der Waals surface area contributed by atoms with E-state index >= 15 is 0 Å². The zero-order chi connectivity index (χ0) is 29.9. The van der Waals surface area contributed by atoms with E-state index < -0.39 is 48.4 Å². The van der Waals surface area contributed by atoms with Crippen LogP contribution in [0, 0.1) is 0 Å². The molecule has 1 fully saturated rings. The molecule has 0 bridgehead atoms. The SMILES string of the molecule is CC(=O)OCc1ccc(O[C@@H]2O[C@H](C(=O)O)C[C@H](O)[C@H]2O)cc1OCCOCCNC(=O)CCN1C(=O)C=CC1=O. The van der Waals surface area contributed by atoms with E-state index in [-0.39, 0.29) is 69.8 Å². The molecule has 1 aromatic carbocycles. The number of carboxylic acids is 1. The third kappa shape index (κ3) is 9.53. The van der Waals surface area contributed by atoms with Crippen molar-refractivity contribution in [3.05, 3.63) is 35.9 Å². The van der Waals surface area contributed by atoms with E-state index in [9.17, 15) is 39.3 Å². The largest absolute Gasteiger partial charge is 0.491 e. The van der Waals surface area contributed by atoms with Crippen LogP contribution in [0.15, 0.2) is 30.4 Å². The zero-order valence-electron chi connectivity index (χ0n) is 22.2. The molecule has 4 N–H and O–H groups in total. The number of carbonyl (C=O) groups excluding carboxylic acids is 4. The summed E-state index contributed by atoms with van der Waals surface area (Å²) in [6, 6.07) is 4.45. The molecule has 0 saturated carbocycles. The highest BCUT2D eigenvalue weighted by molar-refractivity contribution is 6.13. The number of ether oxygens (including phenoxy) is 5. The van der Waals surface area contributed by atoms with Crippen molar-refractivity contribution in [1.82, 2.24) is 10.2 Å². The third-order valence-corrected chi connectivity index (χ3v) is 5.94. The number of esters is 1. The van der Waals surface area contributed by atoms with Crippen molar-refractivity contribution in [2.75, 3.05) is 32.9 Å². The highest BCUT2D eigenvalue weighted by Crippen LogP contribution is 2.29. The summed E-state index contributed by atoms with van der Waals surface area (Å²) in [5, 5.41) is 32.0. The highest BCUT2D eigenvalue weighted by Gasteiger charge is 2.41. The lowest BCUT2D eigenvalue weighted by atomic mass is 10.0. The van der Waals surface area contributed by atoms with Crippen molar-refractivity contribution in [1.29, 1.82) is 0 Å². The van der Waals surface area contributed by atoms with E-state index in [1.54, 1.807) is 6.07 Å². The molecule has 0 unspecified atom stereocenters. The number of carbonyl (C=O) groups is 5. The van der Waals surface area contributed by atoms with Crippen molar-refractivity contribution in [3.63, 3.8) is 0 Å². The molecule has 4 atom stereocenters. The van der Waals surface area contributed by atoms with E-state index in [2.05, 4.69) is 5.32 Å². The monoisotopic (exact) mass is 580 g/mol. The summed E-state index contributed by atoms with van der Waals surface area (Å²) < 4.78 is 27.1. The normalized spacial score (nSPS) is 22.0. The van der Waals surface area contributed by atoms with Gasteiger partial charge < -0.3 is 44.3 Å². The van der Waals surface area contributed by atoms with Crippen molar-refractivity contribution in [2.24, 2.45) is 0 Å². The minimum Gasteiger partial charge on any atom is -0.491 e. The number of benzene rings is 1. The molecule has 0 aromatic heterocycles. The molecule has 0 spiro atoms. The van der Waals surface area contributed by atoms with E-state index in [4.69, 9.17) is 23.7 Å². The maximum absolute atomic E-state index is 11.9. The smallest absolute Gasteiger partial charge is 0.333 e. The van der Waals surface area contributed by atoms with Gasteiger partial charge in [0.25, 0.3) is 11.8 Å². The maximum atomic E-state index is 11.9. The predicted octanol–water partition coefficient (Wildman–Crippen LogP) is -1.12. The second kappa shape index (κ2) is 15.1. The van der Waals surface area contributed by atoms with E-state index in [1.165, 1.54) is 19.1 Å². The molecule has 15 heteroatoms. The van der Waals surface area contributed by atoms with Gasteiger partial charge in [0.15, 0.2) is 6.10 Å². The molecule has 224 valence electrons. The van der Waals surface area contributed by atoms with Gasteiger partial charge in [-0.2, -0.15) is 0 Å². The first-order valence-electron chi connectivity index (χ1n) is 12.7. The van der Waals surface area contributed by atoms with Crippen LogP contribution in [0.3, 0.4) is 0 Å². The lowest BCUT2D eigenvalue weighted by Crippen LogP contribution is -2.52. The Hall–Kier alpha value is -4.05. The number of amides is 3. The quantitative estimate of drug-likeness (QED) is 0.110. The first-order chi connectivity index (χ1) is 19.5. The molecular formula is C26H32N2O13. The standard InChI is InChI=1S/C26H32N2O13/c1-15(29)39-14-16-2-3-17(40-26-24(34)18(30)13-20(41-26)25(35)36)12-19(16)38-11-10-37-9-7-27-21(31)6-8-28-22(32)4-5-23(28)33/h2-5,12,18,20,24,26,30,34H,6-11,13-14H2,1H3,(H,27,31)(H,35,36)/t18-,20-,24+,26+/m0/s1. The molecule has 2 heterocycles. The Morgan fingerprint density at radius 1 is 1.10 bits per heavy atom. The summed E-state index contributed by atoms with van der Waals surface area (Å²) in [5.74, 6) is -2.69. The molecule has 2 aliphatic rings. The molecular weight excluding hydrogens is 548 g/mol. The van der Waals surface area contributed by atoms with E-state index in [1.807, 2.05) is 0 Å². The van der Waals surface area contributed by atoms with Crippen molar-refractivity contribution in [3.8, 4) is 11.5 Å². The average molecular weight is 581 g/mol. The van der Waals surface area contributed by atoms with Crippen LogP contribution in [-0.4, -0.2) is 107 Å². The average Bonchev–Trinajstić information content (AvgIpc) is 3.25. The highest BCUT2D eigenvalue weighted by atomic mass is 16.7. The number of rotatable bonds is 15. The van der Waals surface area contributed by atoms with Crippen LogP contribution in [0.1, 0.15) is 25.3 Å².